The molecule has 0 aliphatic carbocycles. The monoisotopic (exact) mass is 454 g/mol. The van der Waals surface area contributed by atoms with Crippen molar-refractivity contribution in [3.8, 4) is 11.1 Å². The van der Waals surface area contributed by atoms with E-state index in [2.05, 4.69) is 50.7 Å². The average Bonchev–Trinajstić information content (AvgIpc) is 3.54. The van der Waals surface area contributed by atoms with Gasteiger partial charge in [0.25, 0.3) is 0 Å². The minimum absolute atomic E-state index is 0.0586. The molecule has 0 bridgehead atoms. The Bertz CT molecular complexity index is 1480. The van der Waals surface area contributed by atoms with Crippen LogP contribution in [-0.2, 0) is 24.4 Å². The summed E-state index contributed by atoms with van der Waals surface area (Å²) in [5, 5.41) is 17.1. The minimum atomic E-state index is -0.189. The highest BCUT2D eigenvalue weighted by Crippen LogP contribution is 2.30. The van der Waals surface area contributed by atoms with Crippen LogP contribution in [0.1, 0.15) is 23.7 Å². The molecule has 0 fully saturated rings. The first-order chi connectivity index (χ1) is 16.5. The highest BCUT2D eigenvalue weighted by molar-refractivity contribution is 5.96. The topological polar surface area (TPSA) is 95.5 Å². The number of amides is 1. The lowest BCUT2D eigenvalue weighted by Gasteiger charge is -2.06. The van der Waals surface area contributed by atoms with E-state index in [-0.39, 0.29) is 12.5 Å². The molecule has 0 aliphatic rings. The van der Waals surface area contributed by atoms with Crippen molar-refractivity contribution in [3.05, 3.63) is 78.1 Å². The summed E-state index contributed by atoms with van der Waals surface area (Å²) in [5.74, 6) is -0.189. The van der Waals surface area contributed by atoms with Crippen molar-refractivity contribution in [2.45, 2.75) is 40.4 Å². The summed E-state index contributed by atoms with van der Waals surface area (Å²) in [4.78, 5) is 17.3. The SMILES string of the molecule is CCn1cc(Cn2cc(NC(=O)Cn3nc(C)c4c(-c5cccc(C)c5)ccnc43)cn2)cn1. The van der Waals surface area contributed by atoms with Crippen LogP contribution in [0.5, 0.6) is 0 Å². The lowest BCUT2D eigenvalue weighted by atomic mass is 10.0. The van der Waals surface area contributed by atoms with Crippen molar-refractivity contribution in [3.63, 3.8) is 0 Å². The van der Waals surface area contributed by atoms with Crippen LogP contribution in [0, 0.1) is 13.8 Å². The Hall–Kier alpha value is -4.27. The van der Waals surface area contributed by atoms with Gasteiger partial charge in [0.2, 0.25) is 5.91 Å². The van der Waals surface area contributed by atoms with Gasteiger partial charge in [-0.05, 0) is 38.0 Å². The lowest BCUT2D eigenvalue weighted by Crippen LogP contribution is -2.19. The number of fused-ring (bicyclic) bond motifs is 1. The minimum Gasteiger partial charge on any atom is -0.322 e. The number of carbonyl (C=O) groups excluding carboxylic acids is 1. The van der Waals surface area contributed by atoms with Gasteiger partial charge in [0.15, 0.2) is 5.65 Å². The van der Waals surface area contributed by atoms with Crippen LogP contribution >= 0.6 is 0 Å². The van der Waals surface area contributed by atoms with Gasteiger partial charge in [0.1, 0.15) is 6.54 Å². The zero-order valence-electron chi connectivity index (χ0n) is 19.4. The van der Waals surface area contributed by atoms with Gasteiger partial charge in [0.05, 0.1) is 30.3 Å². The molecule has 0 saturated carbocycles. The first kappa shape index (κ1) is 21.6. The molecular formula is C25H26N8O. The summed E-state index contributed by atoms with van der Waals surface area (Å²) in [5.41, 5.74) is 6.57. The van der Waals surface area contributed by atoms with Crippen LogP contribution in [0.15, 0.2) is 61.3 Å². The van der Waals surface area contributed by atoms with E-state index in [4.69, 9.17) is 0 Å². The molecular weight excluding hydrogens is 428 g/mol. The molecule has 1 aromatic carbocycles. The third-order valence-electron chi connectivity index (χ3n) is 5.70. The highest BCUT2D eigenvalue weighted by Gasteiger charge is 2.16. The smallest absolute Gasteiger partial charge is 0.246 e. The first-order valence-corrected chi connectivity index (χ1v) is 11.2. The molecule has 5 rings (SSSR count). The van der Waals surface area contributed by atoms with Crippen LogP contribution in [0.2, 0.25) is 0 Å². The Morgan fingerprint density at radius 3 is 2.71 bits per heavy atom. The quantitative estimate of drug-likeness (QED) is 0.403. The average molecular weight is 455 g/mol. The molecule has 1 N–H and O–H groups in total. The van der Waals surface area contributed by atoms with E-state index in [1.807, 2.05) is 49.3 Å². The number of hydrogen-bond acceptors (Lipinski definition) is 5. The van der Waals surface area contributed by atoms with E-state index in [1.165, 1.54) is 5.56 Å². The molecule has 0 radical (unpaired) electrons. The summed E-state index contributed by atoms with van der Waals surface area (Å²) >= 11 is 0. The number of aromatic nitrogens is 7. The standard InChI is InChI=1S/C25H26N8O/c1-4-31-13-19(11-27-31)14-32-15-21(12-28-32)29-23(34)16-33-25-24(18(3)30-33)22(8-9-26-25)20-7-5-6-17(2)10-20/h5-13,15H,4,14,16H2,1-3H3,(H,29,34). The van der Waals surface area contributed by atoms with Gasteiger partial charge < -0.3 is 5.32 Å². The maximum atomic E-state index is 12.8. The predicted molar refractivity (Wildman–Crippen MR) is 130 cm³/mol. The molecule has 0 saturated heterocycles. The summed E-state index contributed by atoms with van der Waals surface area (Å²) in [6.07, 6.45) is 9.03. The Morgan fingerprint density at radius 1 is 1.06 bits per heavy atom. The van der Waals surface area contributed by atoms with Crippen LogP contribution in [0.3, 0.4) is 0 Å². The molecule has 0 unspecified atom stereocenters. The number of nitrogens with one attached hydrogen (secondary N) is 1. The zero-order chi connectivity index (χ0) is 23.7. The maximum absolute atomic E-state index is 12.8. The fraction of sp³-hybridized carbons (Fsp3) is 0.240. The Morgan fingerprint density at radius 2 is 1.91 bits per heavy atom. The second kappa shape index (κ2) is 8.93. The number of aryl methyl sites for hydroxylation is 3. The second-order valence-electron chi connectivity index (χ2n) is 8.35. The number of benzene rings is 1. The number of hydrogen-bond donors (Lipinski definition) is 1. The van der Waals surface area contributed by atoms with Gasteiger partial charge in [-0.3, -0.25) is 14.2 Å². The summed E-state index contributed by atoms with van der Waals surface area (Å²) in [6.45, 7) is 7.53. The van der Waals surface area contributed by atoms with Crippen molar-refractivity contribution in [2.24, 2.45) is 0 Å². The molecule has 34 heavy (non-hydrogen) atoms. The number of carbonyl (C=O) groups is 1. The molecule has 0 spiro atoms. The van der Waals surface area contributed by atoms with E-state index >= 15 is 0 Å². The van der Waals surface area contributed by atoms with Crippen LogP contribution in [0.25, 0.3) is 22.2 Å². The zero-order valence-corrected chi connectivity index (χ0v) is 19.4. The third-order valence-corrected chi connectivity index (χ3v) is 5.70. The summed E-state index contributed by atoms with van der Waals surface area (Å²) in [7, 11) is 0. The van der Waals surface area contributed by atoms with Crippen LogP contribution in [-0.4, -0.2) is 40.2 Å². The maximum Gasteiger partial charge on any atom is 0.246 e. The Kier molecular flexibility index (Phi) is 5.67. The van der Waals surface area contributed by atoms with Crippen molar-refractivity contribution in [2.75, 3.05) is 5.32 Å². The predicted octanol–water partition coefficient (Wildman–Crippen LogP) is 3.82. The fourth-order valence-corrected chi connectivity index (χ4v) is 4.14. The fourth-order valence-electron chi connectivity index (χ4n) is 4.14. The van der Waals surface area contributed by atoms with E-state index < -0.39 is 0 Å². The van der Waals surface area contributed by atoms with Crippen molar-refractivity contribution in [1.29, 1.82) is 0 Å². The largest absolute Gasteiger partial charge is 0.322 e. The van der Waals surface area contributed by atoms with Gasteiger partial charge in [-0.15, -0.1) is 0 Å². The van der Waals surface area contributed by atoms with Crippen molar-refractivity contribution >= 4 is 22.6 Å². The van der Waals surface area contributed by atoms with Crippen LogP contribution in [0.4, 0.5) is 5.69 Å². The molecule has 0 atom stereocenters. The van der Waals surface area contributed by atoms with E-state index in [0.717, 1.165) is 34.3 Å². The Balaban J connectivity index is 1.32. The second-order valence-corrected chi connectivity index (χ2v) is 8.35. The summed E-state index contributed by atoms with van der Waals surface area (Å²) in [6, 6.07) is 10.3. The van der Waals surface area contributed by atoms with Gasteiger partial charge in [-0.2, -0.15) is 15.3 Å². The normalized spacial score (nSPS) is 11.3. The number of anilines is 1. The molecule has 9 heteroatoms. The van der Waals surface area contributed by atoms with Crippen molar-refractivity contribution in [1.82, 2.24) is 34.3 Å². The number of rotatable bonds is 7. The first-order valence-electron chi connectivity index (χ1n) is 11.2. The van der Waals surface area contributed by atoms with E-state index in [1.54, 1.807) is 21.8 Å². The molecule has 172 valence electrons. The van der Waals surface area contributed by atoms with Crippen molar-refractivity contribution < 1.29 is 4.79 Å². The highest BCUT2D eigenvalue weighted by atomic mass is 16.2. The summed E-state index contributed by atoms with van der Waals surface area (Å²) < 4.78 is 5.30. The van der Waals surface area contributed by atoms with Gasteiger partial charge in [0, 0.05) is 36.1 Å². The number of pyridine rings is 1. The van der Waals surface area contributed by atoms with Crippen LogP contribution < -0.4 is 5.32 Å². The number of nitrogens with zero attached hydrogens (tertiary/aromatic N) is 7. The Labute approximate surface area is 197 Å². The molecule has 0 aliphatic heterocycles. The van der Waals surface area contributed by atoms with E-state index in [9.17, 15) is 4.79 Å². The van der Waals surface area contributed by atoms with Gasteiger partial charge in [-0.25, -0.2) is 9.67 Å². The third kappa shape index (κ3) is 4.32. The molecule has 5 aromatic rings. The van der Waals surface area contributed by atoms with Gasteiger partial charge >= 0.3 is 0 Å². The molecule has 4 aromatic heterocycles. The lowest BCUT2D eigenvalue weighted by molar-refractivity contribution is -0.116. The van der Waals surface area contributed by atoms with E-state index in [0.29, 0.717) is 17.9 Å². The van der Waals surface area contributed by atoms with Gasteiger partial charge in [-0.1, -0.05) is 29.8 Å². The molecule has 9 nitrogen and oxygen atoms in total. The molecule has 1 amide bonds. The molecule has 4 heterocycles.